The molecule has 3 heterocycles. The van der Waals surface area contributed by atoms with E-state index in [4.69, 9.17) is 24.8 Å². The van der Waals surface area contributed by atoms with Crippen molar-refractivity contribution in [2.75, 3.05) is 13.2 Å². The number of pyridine rings is 2. The molecule has 0 spiro atoms. The number of nitrogens with zero attached hydrogens (tertiary/aromatic N) is 2. The molecule has 1 aliphatic heterocycles. The zero-order valence-corrected chi connectivity index (χ0v) is 81.3. The molecule has 16 aromatic rings. The smallest absolute Gasteiger partial charge is 0.423 e. The summed E-state index contributed by atoms with van der Waals surface area (Å²) >= 11 is 3.20. The van der Waals surface area contributed by atoms with Crippen LogP contribution in [0.25, 0.3) is 23.4 Å². The molecule has 0 amide bonds. The average Bonchev–Trinajstić information content (AvgIpc) is 1.32. The fourth-order valence-electron chi connectivity index (χ4n) is 11.7. The van der Waals surface area contributed by atoms with Crippen LogP contribution >= 0.6 is 47.6 Å². The van der Waals surface area contributed by atoms with E-state index in [0.29, 0.717) is 5.46 Å². The van der Waals surface area contributed by atoms with Crippen LogP contribution in [-0.2, 0) is 34.8 Å². The molecule has 0 unspecified atom stereocenters. The fraction of sp³-hybridized carbons (Fsp3) is 0.0385. The Kier molecular flexibility index (Phi) is 54.4. The second-order valence-corrected chi connectivity index (χ2v) is 35.0. The number of carbonyl (C=O) groups is 1. The maximum Gasteiger partial charge on any atom is 0.488 e. The third-order valence-electron chi connectivity index (χ3n) is 17.2. The number of rotatable bonds is 17. The van der Waals surface area contributed by atoms with Crippen molar-refractivity contribution in [3.63, 3.8) is 0 Å². The normalized spacial score (nSPS) is 10.3. The van der Waals surface area contributed by atoms with Gasteiger partial charge in [-0.25, -0.2) is 10.2 Å². The molecule has 121 heavy (non-hydrogen) atoms. The summed E-state index contributed by atoms with van der Waals surface area (Å²) in [6, 6.07) is 156. The first kappa shape index (κ1) is 104. The van der Waals surface area contributed by atoms with Crippen LogP contribution in [0.3, 0.4) is 0 Å². The van der Waals surface area contributed by atoms with Crippen molar-refractivity contribution in [3.8, 4) is 11.3 Å². The van der Waals surface area contributed by atoms with Gasteiger partial charge in [0.15, 0.2) is 0 Å². The summed E-state index contributed by atoms with van der Waals surface area (Å²) in [5.74, 6) is 0. The van der Waals surface area contributed by atoms with Crippen LogP contribution in [0.15, 0.2) is 479 Å². The second-order valence-electron chi connectivity index (χ2n) is 25.3. The zero-order valence-electron chi connectivity index (χ0n) is 68.4. The van der Waals surface area contributed by atoms with Crippen molar-refractivity contribution in [1.82, 2.24) is 9.97 Å². The molecule has 2 radical (unpaired) electrons. The fourth-order valence-corrected chi connectivity index (χ4v) is 21.2. The first-order valence-corrected chi connectivity index (χ1v) is 44.3. The minimum Gasteiger partial charge on any atom is -0.423 e. The van der Waals surface area contributed by atoms with Gasteiger partial charge < -0.3 is 27.1 Å². The van der Waals surface area contributed by atoms with E-state index in [1.807, 2.05) is 54.6 Å². The van der Waals surface area contributed by atoms with Crippen LogP contribution in [-0.4, -0.2) is 155 Å². The number of ether oxygens (including phenoxy) is 1. The van der Waals surface area contributed by atoms with Gasteiger partial charge in [0, 0.05) is 154 Å². The maximum absolute atomic E-state index is 8.72. The Balaban J connectivity index is 0.000000249. The van der Waals surface area contributed by atoms with Gasteiger partial charge in [0.05, 0.1) is 5.69 Å². The molecule has 0 aliphatic carbocycles. The Bertz CT molecular complexity index is 4420. The number of halogens is 1. The first-order valence-electron chi connectivity index (χ1n) is 38.2. The monoisotopic (exact) mass is 1870 g/mol. The van der Waals surface area contributed by atoms with Gasteiger partial charge in [-0.05, 0) is 165 Å². The van der Waals surface area contributed by atoms with Crippen LogP contribution in [0.5, 0.6) is 0 Å². The van der Waals surface area contributed by atoms with E-state index in [-0.39, 0.29) is 137 Å². The van der Waals surface area contributed by atoms with Crippen LogP contribution in [0.4, 0.5) is 0 Å². The Morgan fingerprint density at radius 3 is 0.678 bits per heavy atom. The zero-order chi connectivity index (χ0) is 81.8. The molecule has 17 heteroatoms. The van der Waals surface area contributed by atoms with Gasteiger partial charge >= 0.3 is 13.6 Å². The van der Waals surface area contributed by atoms with Gasteiger partial charge in [-0.2, -0.15) is 0 Å². The molecule has 1 fully saturated rings. The van der Waals surface area contributed by atoms with Gasteiger partial charge in [0.1, 0.15) is 4.60 Å². The van der Waals surface area contributed by atoms with Crippen molar-refractivity contribution >= 4 is 245 Å². The predicted octanol–water partition coefficient (Wildman–Crippen LogP) is 19.1. The van der Waals surface area contributed by atoms with Gasteiger partial charge in [-0.3, -0.25) is 9.78 Å². The molecule has 1 saturated heterocycles. The minimum atomic E-state index is -1.38. The molecule has 602 valence electrons. The standard InChI is InChI=1S/4C18H15P.C13H11N.C8H9BO2.C5H4BrN.C4H8O.CH2O3.CH3.2K.Pd/c4*1-4-10-16(11-5-1)19(17-12-6-2-7-13-17)18-14-8-3-9-15-18;1-2-11-6-8-12(9-7-11)13-5-3-4-10-14-13;1-2-7-3-5-8(6-4-7)9(10)11;6-5-3-1-2-4-7-5;1-2-4-5-3-1;2-1-4-3;;;;/h4*1-15H;2-10H,1H2;2-6,10-11H,1H2;1-4H;1-4H2;1,3H;1H3;;;/q;;;;;;;;;-1;;;. The van der Waals surface area contributed by atoms with Crippen LogP contribution in [0.1, 0.15) is 24.0 Å². The molecule has 2 aromatic heterocycles. The average molecular weight is 1870 g/mol. The topological polar surface area (TPSA) is 122 Å². The Hall–Kier alpha value is -7.63. The van der Waals surface area contributed by atoms with Crippen LogP contribution in [0, 0.1) is 7.43 Å². The van der Waals surface area contributed by atoms with Crippen LogP contribution < -0.4 is 69.1 Å². The number of benzene rings is 14. The van der Waals surface area contributed by atoms with Crippen molar-refractivity contribution in [3.05, 3.63) is 498 Å². The molecule has 8 nitrogen and oxygen atoms in total. The third-order valence-corrected chi connectivity index (χ3v) is 27.5. The number of hydrogen-bond acceptors (Lipinski definition) is 8. The van der Waals surface area contributed by atoms with E-state index in [2.05, 4.69) is 420 Å². The summed E-state index contributed by atoms with van der Waals surface area (Å²) in [6.45, 7) is 9.23. The first-order chi connectivity index (χ1) is 57.7. The Morgan fingerprint density at radius 2 is 0.529 bits per heavy atom. The van der Waals surface area contributed by atoms with E-state index in [0.717, 1.165) is 40.2 Å². The second kappa shape index (κ2) is 63.3. The molecule has 0 saturated carbocycles. The number of carbonyl (C=O) groups excluding carboxylic acids is 1. The Morgan fingerprint density at radius 1 is 0.322 bits per heavy atom. The third kappa shape index (κ3) is 37.8. The summed E-state index contributed by atoms with van der Waals surface area (Å²) in [5, 5.41) is 41.2. The van der Waals surface area contributed by atoms with E-state index >= 15 is 0 Å². The van der Waals surface area contributed by atoms with Crippen molar-refractivity contribution < 1.29 is 50.1 Å². The molecular formula is C104H97BBrK2N2O6P4Pd-. The summed E-state index contributed by atoms with van der Waals surface area (Å²) in [5.41, 5.74) is 4.73. The molecule has 0 bridgehead atoms. The van der Waals surface area contributed by atoms with E-state index in [9.17, 15) is 0 Å². The SMILES string of the molecule is Brc1ccccn1.C1CCOC1.C=Cc1ccc(-c2ccccn2)cc1.C=Cc1ccc(B(O)O)cc1.O=COO.[CH3-].[K].[K].[Pd].c1ccc(P(c2ccccc2)c2ccccc2)cc1.c1ccc(P(c2ccccc2)c2ccccc2)cc1.c1ccc(P(c2ccccc2)c2ccccc2)cc1.c1ccc(P(c2ccccc2)c2ccccc2)cc1. The molecule has 17 rings (SSSR count). The number of hydrogen-bond donors (Lipinski definition) is 3. The van der Waals surface area contributed by atoms with Crippen molar-refractivity contribution in [1.29, 1.82) is 0 Å². The number of aromatic nitrogens is 2. The molecule has 1 aliphatic rings. The van der Waals surface area contributed by atoms with E-state index in [1.165, 1.54) is 76.5 Å². The predicted molar refractivity (Wildman–Crippen MR) is 526 cm³/mol. The van der Waals surface area contributed by atoms with Gasteiger partial charge in [0.25, 0.3) is 0 Å². The maximum atomic E-state index is 8.72. The van der Waals surface area contributed by atoms with Gasteiger partial charge in [-0.15, -0.1) is 0 Å². The van der Waals surface area contributed by atoms with Crippen LogP contribution in [0.2, 0.25) is 0 Å². The van der Waals surface area contributed by atoms with Gasteiger partial charge in [-0.1, -0.05) is 450 Å². The van der Waals surface area contributed by atoms with Crippen molar-refractivity contribution in [2.45, 2.75) is 12.8 Å². The van der Waals surface area contributed by atoms with E-state index in [1.54, 1.807) is 42.7 Å². The van der Waals surface area contributed by atoms with E-state index < -0.39 is 38.8 Å². The largest absolute Gasteiger partial charge is 0.488 e. The summed E-state index contributed by atoms with van der Waals surface area (Å²) in [4.78, 5) is 19.7. The minimum absolute atomic E-state index is 0. The molecule has 3 N–H and O–H groups in total. The van der Waals surface area contributed by atoms with Gasteiger partial charge in [0.2, 0.25) is 0 Å². The van der Waals surface area contributed by atoms with Crippen molar-refractivity contribution in [2.24, 2.45) is 0 Å². The molecule has 0 atom stereocenters. The summed E-state index contributed by atoms with van der Waals surface area (Å²) in [6.07, 6.45) is 9.64. The summed E-state index contributed by atoms with van der Waals surface area (Å²) in [7, 11) is -3.16. The summed E-state index contributed by atoms with van der Waals surface area (Å²) < 4.78 is 5.83. The quantitative estimate of drug-likeness (QED) is 0.0157. The molecular weight excluding hydrogens is 1770 g/mol. The molecule has 14 aromatic carbocycles. The Labute approximate surface area is 829 Å².